The molecule has 0 radical (unpaired) electrons. The maximum absolute atomic E-state index is 6.12. The van der Waals surface area contributed by atoms with E-state index < -0.39 is 0 Å². The second kappa shape index (κ2) is 14.8. The highest BCUT2D eigenvalue weighted by molar-refractivity contribution is 14.0. The van der Waals surface area contributed by atoms with Gasteiger partial charge in [0.25, 0.3) is 0 Å². The van der Waals surface area contributed by atoms with Crippen LogP contribution in [0.25, 0.3) is 0 Å². The number of ether oxygens (including phenoxy) is 3. The van der Waals surface area contributed by atoms with Crippen LogP contribution in [0.2, 0.25) is 0 Å². The second-order valence-electron chi connectivity index (χ2n) is 8.63. The zero-order valence-electron chi connectivity index (χ0n) is 19.0. The van der Waals surface area contributed by atoms with E-state index in [-0.39, 0.29) is 24.0 Å². The van der Waals surface area contributed by atoms with Gasteiger partial charge in [-0.1, -0.05) is 0 Å². The van der Waals surface area contributed by atoms with Gasteiger partial charge in [-0.05, 0) is 64.5 Å². The SMILES string of the molecule is CCNC(=NCC1CCN(CCOC)CC1)N1CCC(OCC2CCCO2)CC1.I. The monoisotopic (exact) mass is 538 g/mol. The fourth-order valence-electron chi connectivity index (χ4n) is 4.51. The molecule has 7 nitrogen and oxygen atoms in total. The molecule has 3 aliphatic heterocycles. The Morgan fingerprint density at radius 1 is 1.10 bits per heavy atom. The van der Waals surface area contributed by atoms with E-state index in [1.165, 1.54) is 32.4 Å². The Hall–Kier alpha value is -0.160. The van der Waals surface area contributed by atoms with Crippen molar-refractivity contribution in [2.24, 2.45) is 10.9 Å². The van der Waals surface area contributed by atoms with E-state index in [0.717, 1.165) is 77.8 Å². The van der Waals surface area contributed by atoms with Crippen molar-refractivity contribution in [2.45, 2.75) is 57.7 Å². The quantitative estimate of drug-likeness (QED) is 0.277. The highest BCUT2D eigenvalue weighted by atomic mass is 127. The maximum Gasteiger partial charge on any atom is 0.193 e. The Kier molecular flexibility index (Phi) is 12.9. The van der Waals surface area contributed by atoms with Crippen molar-refractivity contribution >= 4 is 29.9 Å². The zero-order chi connectivity index (χ0) is 20.3. The summed E-state index contributed by atoms with van der Waals surface area (Å²) in [5.41, 5.74) is 0. The average Bonchev–Trinajstić information content (AvgIpc) is 3.29. The van der Waals surface area contributed by atoms with Crippen molar-refractivity contribution in [3.05, 3.63) is 0 Å². The standard InChI is InChI=1S/C22H42N4O3.HI/c1-3-23-22(24-17-19-6-10-25(11-7-19)14-16-27-2)26-12-8-20(9-13-26)29-18-21-5-4-15-28-21;/h19-21H,3-18H2,1-2H3,(H,23,24);1H. The van der Waals surface area contributed by atoms with E-state index in [1.54, 1.807) is 7.11 Å². The summed E-state index contributed by atoms with van der Waals surface area (Å²) in [6, 6.07) is 0. The second-order valence-corrected chi connectivity index (χ2v) is 8.63. The Balaban J connectivity index is 0.00000320. The number of piperidine rings is 2. The number of rotatable bonds is 9. The molecule has 1 N–H and O–H groups in total. The minimum absolute atomic E-state index is 0. The summed E-state index contributed by atoms with van der Waals surface area (Å²) in [6.07, 6.45) is 7.67. The van der Waals surface area contributed by atoms with Crippen molar-refractivity contribution in [2.75, 3.05) is 72.7 Å². The van der Waals surface area contributed by atoms with Crippen LogP contribution >= 0.6 is 24.0 Å². The predicted molar refractivity (Wildman–Crippen MR) is 132 cm³/mol. The number of nitrogens with zero attached hydrogens (tertiary/aromatic N) is 3. The minimum atomic E-state index is 0. The van der Waals surface area contributed by atoms with Crippen LogP contribution in [-0.4, -0.2) is 101 Å². The van der Waals surface area contributed by atoms with Crippen molar-refractivity contribution in [1.29, 1.82) is 0 Å². The first kappa shape index (κ1) is 26.1. The van der Waals surface area contributed by atoms with Crippen LogP contribution in [0.15, 0.2) is 4.99 Å². The summed E-state index contributed by atoms with van der Waals surface area (Å²) in [5.74, 6) is 1.79. The molecule has 0 aromatic rings. The summed E-state index contributed by atoms with van der Waals surface area (Å²) in [6.45, 7) is 12.0. The van der Waals surface area contributed by atoms with E-state index in [2.05, 4.69) is 22.0 Å². The van der Waals surface area contributed by atoms with Gasteiger partial charge in [0, 0.05) is 46.4 Å². The molecule has 3 heterocycles. The van der Waals surface area contributed by atoms with Crippen LogP contribution in [0, 0.1) is 5.92 Å². The van der Waals surface area contributed by atoms with Crippen molar-refractivity contribution < 1.29 is 14.2 Å². The lowest BCUT2D eigenvalue weighted by molar-refractivity contribution is -0.0367. The third kappa shape index (κ3) is 8.76. The molecule has 3 aliphatic rings. The first-order valence-electron chi connectivity index (χ1n) is 11.8. The van der Waals surface area contributed by atoms with Crippen molar-refractivity contribution in [3.63, 3.8) is 0 Å². The van der Waals surface area contributed by atoms with Crippen LogP contribution in [-0.2, 0) is 14.2 Å². The van der Waals surface area contributed by atoms with Gasteiger partial charge in [-0.2, -0.15) is 0 Å². The summed E-state index contributed by atoms with van der Waals surface area (Å²) in [7, 11) is 1.78. The summed E-state index contributed by atoms with van der Waals surface area (Å²) in [5, 5.41) is 3.51. The molecule has 1 unspecified atom stereocenters. The molecule has 3 rings (SSSR count). The number of methoxy groups -OCH3 is 1. The number of hydrogen-bond acceptors (Lipinski definition) is 5. The molecule has 3 saturated heterocycles. The molecule has 0 amide bonds. The van der Waals surface area contributed by atoms with Crippen LogP contribution < -0.4 is 5.32 Å². The van der Waals surface area contributed by atoms with Crippen molar-refractivity contribution in [3.8, 4) is 0 Å². The first-order valence-corrected chi connectivity index (χ1v) is 11.8. The van der Waals surface area contributed by atoms with Gasteiger partial charge < -0.3 is 29.3 Å². The van der Waals surface area contributed by atoms with Gasteiger partial charge in [-0.15, -0.1) is 24.0 Å². The number of likely N-dealkylation sites (tertiary alicyclic amines) is 2. The third-order valence-electron chi connectivity index (χ3n) is 6.44. The molecular weight excluding hydrogens is 495 g/mol. The number of aliphatic imine (C=N–C) groups is 1. The molecule has 0 bridgehead atoms. The number of hydrogen-bond donors (Lipinski definition) is 1. The molecular formula is C22H43IN4O3. The Morgan fingerprint density at radius 2 is 1.87 bits per heavy atom. The summed E-state index contributed by atoms with van der Waals surface area (Å²) < 4.78 is 17.0. The number of nitrogens with one attached hydrogen (secondary N) is 1. The van der Waals surface area contributed by atoms with Crippen LogP contribution in [0.4, 0.5) is 0 Å². The largest absolute Gasteiger partial charge is 0.383 e. The van der Waals surface area contributed by atoms with Crippen LogP contribution in [0.5, 0.6) is 0 Å². The maximum atomic E-state index is 6.12. The molecule has 0 aromatic carbocycles. The smallest absolute Gasteiger partial charge is 0.193 e. The third-order valence-corrected chi connectivity index (χ3v) is 6.44. The first-order chi connectivity index (χ1) is 14.3. The molecule has 8 heteroatoms. The van der Waals surface area contributed by atoms with E-state index in [4.69, 9.17) is 19.2 Å². The summed E-state index contributed by atoms with van der Waals surface area (Å²) >= 11 is 0. The van der Waals surface area contributed by atoms with Gasteiger partial charge in [0.1, 0.15) is 0 Å². The molecule has 0 spiro atoms. The highest BCUT2D eigenvalue weighted by Crippen LogP contribution is 2.19. The molecule has 1 atom stereocenters. The Morgan fingerprint density at radius 3 is 2.50 bits per heavy atom. The average molecular weight is 539 g/mol. The molecule has 3 fully saturated rings. The van der Waals surface area contributed by atoms with Gasteiger partial charge >= 0.3 is 0 Å². The molecule has 0 aliphatic carbocycles. The van der Waals surface area contributed by atoms with Crippen LogP contribution in [0.1, 0.15) is 45.4 Å². The fourth-order valence-corrected chi connectivity index (χ4v) is 4.51. The van der Waals surface area contributed by atoms with Crippen LogP contribution in [0.3, 0.4) is 0 Å². The lowest BCUT2D eigenvalue weighted by atomic mass is 9.97. The van der Waals surface area contributed by atoms with Gasteiger partial charge in [0.2, 0.25) is 0 Å². The van der Waals surface area contributed by atoms with E-state index in [0.29, 0.717) is 18.1 Å². The fraction of sp³-hybridized carbons (Fsp3) is 0.955. The molecule has 0 saturated carbocycles. The molecule has 176 valence electrons. The normalized spacial score (nSPS) is 24.8. The van der Waals surface area contributed by atoms with E-state index >= 15 is 0 Å². The van der Waals surface area contributed by atoms with Gasteiger partial charge in [0.05, 0.1) is 25.4 Å². The predicted octanol–water partition coefficient (Wildman–Crippen LogP) is 2.59. The molecule has 30 heavy (non-hydrogen) atoms. The van der Waals surface area contributed by atoms with Gasteiger partial charge in [-0.3, -0.25) is 4.99 Å². The Labute approximate surface area is 200 Å². The minimum Gasteiger partial charge on any atom is -0.383 e. The summed E-state index contributed by atoms with van der Waals surface area (Å²) in [4.78, 5) is 9.94. The van der Waals surface area contributed by atoms with Gasteiger partial charge in [0.15, 0.2) is 5.96 Å². The number of guanidine groups is 1. The lowest BCUT2D eigenvalue weighted by Crippen LogP contribution is -2.47. The van der Waals surface area contributed by atoms with Crippen molar-refractivity contribution in [1.82, 2.24) is 15.1 Å². The zero-order valence-corrected chi connectivity index (χ0v) is 21.4. The molecule has 0 aromatic heterocycles. The lowest BCUT2D eigenvalue weighted by Gasteiger charge is -2.35. The van der Waals surface area contributed by atoms with E-state index in [1.807, 2.05) is 0 Å². The number of halogens is 1. The Bertz CT molecular complexity index is 475. The highest BCUT2D eigenvalue weighted by Gasteiger charge is 2.25. The van der Waals surface area contributed by atoms with Gasteiger partial charge in [-0.25, -0.2) is 0 Å². The van der Waals surface area contributed by atoms with E-state index in [9.17, 15) is 0 Å². The topological polar surface area (TPSA) is 58.6 Å².